The molecule has 1 unspecified atom stereocenters. The number of ether oxygens (including phenoxy) is 4. The highest BCUT2D eigenvalue weighted by atomic mass is 16.8. The average Bonchev–Trinajstić information content (AvgIpc) is 3.16. The number of hydroxylamine groups is 2. The molecule has 0 saturated carbocycles. The molecule has 0 saturated heterocycles. The Morgan fingerprint density at radius 3 is 1.78 bits per heavy atom. The topological polar surface area (TPSA) is 83.5 Å². The van der Waals surface area contributed by atoms with Crippen molar-refractivity contribution in [3.63, 3.8) is 0 Å². The van der Waals surface area contributed by atoms with Crippen LogP contribution in [0.2, 0.25) is 0 Å². The molecule has 3 aromatic carbocycles. The van der Waals surface area contributed by atoms with E-state index in [1.807, 2.05) is 48.5 Å². The van der Waals surface area contributed by atoms with Crippen molar-refractivity contribution in [2.75, 3.05) is 20.8 Å². The van der Waals surface area contributed by atoms with Crippen LogP contribution < -0.4 is 9.47 Å². The van der Waals surface area contributed by atoms with E-state index in [2.05, 4.69) is 0 Å². The summed E-state index contributed by atoms with van der Waals surface area (Å²) in [5.41, 5.74) is 2.58. The van der Waals surface area contributed by atoms with E-state index >= 15 is 0 Å². The number of fused-ring (bicyclic) bond motifs is 1. The van der Waals surface area contributed by atoms with Gasteiger partial charge in [0.25, 0.3) is 11.8 Å². The Morgan fingerprint density at radius 2 is 1.25 bits per heavy atom. The normalized spacial score (nSPS) is 13.6. The molecule has 0 bridgehead atoms. The van der Waals surface area contributed by atoms with Crippen molar-refractivity contribution in [2.45, 2.75) is 32.3 Å². The Labute approximate surface area is 210 Å². The first-order valence-corrected chi connectivity index (χ1v) is 11.7. The first-order valence-electron chi connectivity index (χ1n) is 11.7. The largest absolute Gasteiger partial charge is 0.497 e. The molecule has 3 aromatic rings. The fraction of sp³-hybridized carbons (Fsp3) is 0.286. The van der Waals surface area contributed by atoms with E-state index in [-0.39, 0.29) is 6.61 Å². The lowest BCUT2D eigenvalue weighted by Crippen LogP contribution is -2.36. The summed E-state index contributed by atoms with van der Waals surface area (Å²) < 4.78 is 22.1. The van der Waals surface area contributed by atoms with Crippen LogP contribution in [0.1, 0.15) is 44.7 Å². The minimum atomic E-state index is -0.820. The number of amides is 2. The number of hydrogen-bond acceptors (Lipinski definition) is 7. The molecule has 188 valence electrons. The third-order valence-corrected chi connectivity index (χ3v) is 5.73. The highest BCUT2D eigenvalue weighted by Crippen LogP contribution is 2.25. The zero-order chi connectivity index (χ0) is 25.3. The second-order valence-electron chi connectivity index (χ2n) is 8.19. The van der Waals surface area contributed by atoms with Gasteiger partial charge in [-0.25, -0.2) is 4.84 Å². The molecular formula is C28H29NO7. The number of carbonyl (C=O) groups is 2. The van der Waals surface area contributed by atoms with Gasteiger partial charge < -0.3 is 18.9 Å². The highest BCUT2D eigenvalue weighted by Gasteiger charge is 2.38. The van der Waals surface area contributed by atoms with Crippen LogP contribution >= 0.6 is 0 Å². The molecular weight excluding hydrogens is 462 g/mol. The fourth-order valence-electron chi connectivity index (χ4n) is 3.72. The van der Waals surface area contributed by atoms with Gasteiger partial charge in [-0.15, -0.1) is 5.06 Å². The van der Waals surface area contributed by atoms with E-state index < -0.39 is 18.1 Å². The molecule has 8 heteroatoms. The Morgan fingerprint density at radius 1 is 0.722 bits per heavy atom. The summed E-state index contributed by atoms with van der Waals surface area (Å²) >= 11 is 0. The number of carbonyl (C=O) groups excluding carboxylic acids is 2. The first kappa shape index (κ1) is 25.4. The highest BCUT2D eigenvalue weighted by molar-refractivity contribution is 6.20. The summed E-state index contributed by atoms with van der Waals surface area (Å²) in [6, 6.07) is 21.8. The number of rotatable bonds is 13. The fourth-order valence-corrected chi connectivity index (χ4v) is 3.72. The third kappa shape index (κ3) is 6.28. The van der Waals surface area contributed by atoms with Crippen molar-refractivity contribution in [1.29, 1.82) is 0 Å². The maximum atomic E-state index is 12.7. The van der Waals surface area contributed by atoms with Crippen LogP contribution in [-0.2, 0) is 27.5 Å². The van der Waals surface area contributed by atoms with Crippen LogP contribution in [0, 0.1) is 0 Å². The lowest BCUT2D eigenvalue weighted by atomic mass is 10.1. The molecule has 0 spiro atoms. The van der Waals surface area contributed by atoms with Gasteiger partial charge in [-0.3, -0.25) is 9.59 Å². The van der Waals surface area contributed by atoms with Crippen molar-refractivity contribution < 1.29 is 33.4 Å². The first-order chi connectivity index (χ1) is 17.6. The van der Waals surface area contributed by atoms with Gasteiger partial charge in [0.05, 0.1) is 38.6 Å². The van der Waals surface area contributed by atoms with Gasteiger partial charge in [0.15, 0.2) is 6.29 Å². The lowest BCUT2D eigenvalue weighted by Gasteiger charge is -2.23. The monoisotopic (exact) mass is 491 g/mol. The molecule has 0 radical (unpaired) electrons. The van der Waals surface area contributed by atoms with Crippen LogP contribution in [-0.4, -0.2) is 44.0 Å². The Bertz CT molecular complexity index is 1130. The average molecular weight is 492 g/mol. The lowest BCUT2D eigenvalue weighted by molar-refractivity contribution is -0.241. The summed E-state index contributed by atoms with van der Waals surface area (Å²) in [4.78, 5) is 31.3. The molecule has 2 amide bonds. The summed E-state index contributed by atoms with van der Waals surface area (Å²) in [5.74, 6) is 0.543. The van der Waals surface area contributed by atoms with Gasteiger partial charge >= 0.3 is 0 Å². The number of nitrogens with zero attached hydrogens (tertiary/aromatic N) is 1. The van der Waals surface area contributed by atoms with Crippen molar-refractivity contribution in [2.24, 2.45) is 0 Å². The van der Waals surface area contributed by atoms with Crippen molar-refractivity contribution in [1.82, 2.24) is 5.06 Å². The zero-order valence-corrected chi connectivity index (χ0v) is 20.3. The molecule has 1 atom stereocenters. The van der Waals surface area contributed by atoms with E-state index in [0.717, 1.165) is 27.7 Å². The predicted molar refractivity (Wildman–Crippen MR) is 131 cm³/mol. The van der Waals surface area contributed by atoms with E-state index in [1.54, 1.807) is 38.5 Å². The van der Waals surface area contributed by atoms with Crippen LogP contribution in [0.4, 0.5) is 0 Å². The second-order valence-corrected chi connectivity index (χ2v) is 8.19. The molecule has 0 aliphatic carbocycles. The SMILES string of the molecule is COc1ccc(COCCCC(OCc2ccc(OC)cc2)ON2C(=O)c3ccccc3C2=O)cc1. The minimum Gasteiger partial charge on any atom is -0.497 e. The summed E-state index contributed by atoms with van der Waals surface area (Å²) in [7, 11) is 3.23. The maximum absolute atomic E-state index is 12.7. The molecule has 4 rings (SSSR count). The summed E-state index contributed by atoms with van der Waals surface area (Å²) in [5, 5.41) is 0.793. The van der Waals surface area contributed by atoms with Crippen LogP contribution in [0.25, 0.3) is 0 Å². The van der Waals surface area contributed by atoms with Gasteiger partial charge in [-0.05, 0) is 53.9 Å². The van der Waals surface area contributed by atoms with Crippen LogP contribution in [0.5, 0.6) is 11.5 Å². The molecule has 0 aromatic heterocycles. The van der Waals surface area contributed by atoms with Gasteiger partial charge in [0.1, 0.15) is 11.5 Å². The zero-order valence-electron chi connectivity index (χ0n) is 20.3. The molecule has 8 nitrogen and oxygen atoms in total. The van der Waals surface area contributed by atoms with Crippen LogP contribution in [0.3, 0.4) is 0 Å². The Hall–Kier alpha value is -3.72. The molecule has 36 heavy (non-hydrogen) atoms. The van der Waals surface area contributed by atoms with Gasteiger partial charge in [-0.1, -0.05) is 36.4 Å². The summed E-state index contributed by atoms with van der Waals surface area (Å²) in [6.07, 6.45) is 0.206. The van der Waals surface area contributed by atoms with E-state index in [1.165, 1.54) is 0 Å². The van der Waals surface area contributed by atoms with E-state index in [0.29, 0.717) is 37.2 Å². The maximum Gasteiger partial charge on any atom is 0.285 e. The van der Waals surface area contributed by atoms with E-state index in [9.17, 15) is 9.59 Å². The molecule has 0 N–H and O–H groups in total. The molecule has 1 heterocycles. The van der Waals surface area contributed by atoms with Gasteiger partial charge in [-0.2, -0.15) is 0 Å². The number of methoxy groups -OCH3 is 2. The predicted octanol–water partition coefficient (Wildman–Crippen LogP) is 4.77. The Kier molecular flexibility index (Phi) is 8.67. The van der Waals surface area contributed by atoms with Crippen LogP contribution in [0.15, 0.2) is 72.8 Å². The molecule has 0 fully saturated rings. The van der Waals surface area contributed by atoms with Crippen molar-refractivity contribution >= 4 is 11.8 Å². The third-order valence-electron chi connectivity index (χ3n) is 5.73. The molecule has 1 aliphatic rings. The Balaban J connectivity index is 1.33. The van der Waals surface area contributed by atoms with Gasteiger partial charge in [0, 0.05) is 13.0 Å². The number of hydrogen-bond donors (Lipinski definition) is 0. The van der Waals surface area contributed by atoms with Crippen molar-refractivity contribution in [3.8, 4) is 11.5 Å². The second kappa shape index (κ2) is 12.3. The molecule has 1 aliphatic heterocycles. The minimum absolute atomic E-state index is 0.241. The quantitative estimate of drug-likeness (QED) is 0.193. The van der Waals surface area contributed by atoms with Gasteiger partial charge in [0.2, 0.25) is 0 Å². The summed E-state index contributed by atoms with van der Waals surface area (Å²) in [6.45, 7) is 1.16. The number of benzene rings is 3. The van der Waals surface area contributed by atoms with Crippen molar-refractivity contribution in [3.05, 3.63) is 95.1 Å². The smallest absolute Gasteiger partial charge is 0.285 e. The van der Waals surface area contributed by atoms with E-state index in [4.69, 9.17) is 23.8 Å². The number of imide groups is 1. The standard InChI is InChI=1S/C28H29NO7/c1-32-22-13-9-20(10-14-22)18-34-17-5-8-26(35-19-21-11-15-23(33-2)16-12-21)36-29-27(30)24-6-3-4-7-25(24)28(29)31/h3-4,6-7,9-16,26H,5,8,17-19H2,1-2H3.